The number of hydrogen-bond acceptors (Lipinski definition) is 3. The zero-order valence-electron chi connectivity index (χ0n) is 11.6. The largest absolute Gasteiger partial charge is 0.463 e. The molecule has 0 bridgehead atoms. The van der Waals surface area contributed by atoms with Crippen LogP contribution in [0.15, 0.2) is 36.4 Å². The van der Waals surface area contributed by atoms with Crippen molar-refractivity contribution in [1.82, 2.24) is 0 Å². The summed E-state index contributed by atoms with van der Waals surface area (Å²) in [6.07, 6.45) is 5.70. The first-order chi connectivity index (χ1) is 9.22. The number of anilines is 1. The maximum absolute atomic E-state index is 11.3. The van der Waals surface area contributed by atoms with Crippen LogP contribution in [0.2, 0.25) is 0 Å². The van der Waals surface area contributed by atoms with Gasteiger partial charge in [-0.2, -0.15) is 0 Å². The van der Waals surface area contributed by atoms with Crippen LogP contribution < -0.4 is 4.90 Å². The van der Waals surface area contributed by atoms with E-state index in [1.165, 1.54) is 17.3 Å². The van der Waals surface area contributed by atoms with Crippen molar-refractivity contribution in [3.8, 4) is 0 Å². The third kappa shape index (κ3) is 3.37. The van der Waals surface area contributed by atoms with Gasteiger partial charge in [-0.1, -0.05) is 24.3 Å². The summed E-state index contributed by atoms with van der Waals surface area (Å²) in [7, 11) is 0. The van der Waals surface area contributed by atoms with Gasteiger partial charge in [-0.05, 0) is 38.3 Å². The van der Waals surface area contributed by atoms with Crippen LogP contribution in [-0.4, -0.2) is 25.2 Å². The molecule has 0 saturated carbocycles. The predicted molar refractivity (Wildman–Crippen MR) is 77.3 cm³/mol. The van der Waals surface area contributed by atoms with Crippen molar-refractivity contribution < 1.29 is 9.53 Å². The Morgan fingerprint density at radius 3 is 3.05 bits per heavy atom. The molecule has 0 aliphatic carbocycles. The van der Waals surface area contributed by atoms with E-state index in [9.17, 15) is 4.79 Å². The molecule has 1 aromatic rings. The molecular formula is C16H21NO2. The van der Waals surface area contributed by atoms with Gasteiger partial charge in [0.1, 0.15) is 0 Å². The molecule has 0 saturated heterocycles. The van der Waals surface area contributed by atoms with Crippen LogP contribution >= 0.6 is 0 Å². The van der Waals surface area contributed by atoms with Gasteiger partial charge < -0.3 is 9.64 Å². The van der Waals surface area contributed by atoms with Gasteiger partial charge in [0.25, 0.3) is 0 Å². The van der Waals surface area contributed by atoms with Crippen LogP contribution in [0.4, 0.5) is 5.69 Å². The number of carbonyl (C=O) groups is 1. The standard InChI is InChI=1S/C16H21NO2/c1-3-19-16(18)9-6-12-17-13(2)10-11-14-7-4-5-8-15(14)17/h4-9,13H,3,10-12H2,1-2H3/b9-6+. The van der Waals surface area contributed by atoms with E-state index < -0.39 is 0 Å². The first-order valence-electron chi connectivity index (χ1n) is 6.90. The van der Waals surface area contributed by atoms with Crippen LogP contribution in [0.3, 0.4) is 0 Å². The fourth-order valence-corrected chi connectivity index (χ4v) is 2.49. The number of aryl methyl sites for hydroxylation is 1. The van der Waals surface area contributed by atoms with Crippen molar-refractivity contribution >= 4 is 11.7 Å². The van der Waals surface area contributed by atoms with Crippen LogP contribution in [0, 0.1) is 0 Å². The molecule has 3 heteroatoms. The second kappa shape index (κ2) is 6.41. The van der Waals surface area contributed by atoms with Crippen molar-refractivity contribution in [2.75, 3.05) is 18.1 Å². The minimum atomic E-state index is -0.263. The zero-order chi connectivity index (χ0) is 13.7. The molecule has 19 heavy (non-hydrogen) atoms. The molecule has 0 spiro atoms. The molecule has 1 atom stereocenters. The van der Waals surface area contributed by atoms with Gasteiger partial charge in [-0.15, -0.1) is 0 Å². The van der Waals surface area contributed by atoms with Crippen molar-refractivity contribution in [2.24, 2.45) is 0 Å². The highest BCUT2D eigenvalue weighted by Crippen LogP contribution is 2.29. The molecule has 1 unspecified atom stereocenters. The molecule has 2 rings (SSSR count). The van der Waals surface area contributed by atoms with Gasteiger partial charge in [-0.3, -0.25) is 0 Å². The van der Waals surface area contributed by atoms with Gasteiger partial charge in [-0.25, -0.2) is 4.79 Å². The Morgan fingerprint density at radius 2 is 2.26 bits per heavy atom. The molecule has 102 valence electrons. The van der Waals surface area contributed by atoms with E-state index in [2.05, 4.69) is 36.1 Å². The minimum Gasteiger partial charge on any atom is -0.463 e. The monoisotopic (exact) mass is 259 g/mol. The maximum Gasteiger partial charge on any atom is 0.330 e. The third-order valence-corrected chi connectivity index (χ3v) is 3.51. The number of hydrogen-bond donors (Lipinski definition) is 0. The van der Waals surface area contributed by atoms with Crippen LogP contribution in [0.25, 0.3) is 0 Å². The van der Waals surface area contributed by atoms with Crippen molar-refractivity contribution in [3.63, 3.8) is 0 Å². The quantitative estimate of drug-likeness (QED) is 0.615. The number of benzene rings is 1. The van der Waals surface area contributed by atoms with Gasteiger partial charge in [0.05, 0.1) is 6.61 Å². The molecule has 1 heterocycles. The summed E-state index contributed by atoms with van der Waals surface area (Å²) in [5, 5.41) is 0. The minimum absolute atomic E-state index is 0.263. The van der Waals surface area contributed by atoms with E-state index in [1.807, 2.05) is 13.0 Å². The second-order valence-corrected chi connectivity index (χ2v) is 4.82. The molecule has 1 aromatic carbocycles. The Balaban J connectivity index is 2.05. The second-order valence-electron chi connectivity index (χ2n) is 4.82. The van der Waals surface area contributed by atoms with Crippen LogP contribution in [0.5, 0.6) is 0 Å². The van der Waals surface area contributed by atoms with Crippen molar-refractivity contribution in [3.05, 3.63) is 42.0 Å². The highest BCUT2D eigenvalue weighted by atomic mass is 16.5. The number of rotatable bonds is 4. The first-order valence-corrected chi connectivity index (χ1v) is 6.90. The lowest BCUT2D eigenvalue weighted by Crippen LogP contribution is -2.37. The Hall–Kier alpha value is -1.77. The smallest absolute Gasteiger partial charge is 0.330 e. The normalized spacial score (nSPS) is 18.4. The number of fused-ring (bicyclic) bond motifs is 1. The molecule has 0 radical (unpaired) electrons. The third-order valence-electron chi connectivity index (χ3n) is 3.51. The van der Waals surface area contributed by atoms with Gasteiger partial charge in [0.2, 0.25) is 0 Å². The molecule has 0 fully saturated rings. The lowest BCUT2D eigenvalue weighted by Gasteiger charge is -2.36. The van der Waals surface area contributed by atoms with Crippen molar-refractivity contribution in [2.45, 2.75) is 32.7 Å². The summed E-state index contributed by atoms with van der Waals surface area (Å²) in [6, 6.07) is 8.99. The van der Waals surface area contributed by atoms with Gasteiger partial charge >= 0.3 is 5.97 Å². The Labute approximate surface area is 114 Å². The van der Waals surface area contributed by atoms with E-state index in [0.29, 0.717) is 12.6 Å². The van der Waals surface area contributed by atoms with Crippen LogP contribution in [0.1, 0.15) is 25.8 Å². The van der Waals surface area contributed by atoms with E-state index in [1.54, 1.807) is 0 Å². The summed E-state index contributed by atoms with van der Waals surface area (Å²) < 4.78 is 4.88. The number of ether oxygens (including phenoxy) is 1. The van der Waals surface area contributed by atoms with Crippen molar-refractivity contribution in [1.29, 1.82) is 0 Å². The lowest BCUT2D eigenvalue weighted by atomic mass is 9.97. The molecule has 0 amide bonds. The van der Waals surface area contributed by atoms with E-state index >= 15 is 0 Å². The van der Waals surface area contributed by atoms with Gasteiger partial charge in [0.15, 0.2) is 0 Å². The number of para-hydroxylation sites is 1. The predicted octanol–water partition coefficient (Wildman–Crippen LogP) is 2.95. The van der Waals surface area contributed by atoms with E-state index in [0.717, 1.165) is 19.4 Å². The number of carbonyl (C=O) groups excluding carboxylic acids is 1. The highest BCUT2D eigenvalue weighted by molar-refractivity contribution is 5.82. The van der Waals surface area contributed by atoms with Crippen LogP contribution in [-0.2, 0) is 16.0 Å². The maximum atomic E-state index is 11.3. The molecule has 3 nitrogen and oxygen atoms in total. The average molecular weight is 259 g/mol. The molecular weight excluding hydrogens is 238 g/mol. The summed E-state index contributed by atoms with van der Waals surface area (Å²) in [6.45, 7) is 5.21. The van der Waals surface area contributed by atoms with E-state index in [4.69, 9.17) is 4.74 Å². The summed E-state index contributed by atoms with van der Waals surface area (Å²) in [5.74, 6) is -0.263. The Kier molecular flexibility index (Phi) is 4.61. The summed E-state index contributed by atoms with van der Waals surface area (Å²) >= 11 is 0. The van der Waals surface area contributed by atoms with Gasteiger partial charge in [0, 0.05) is 24.4 Å². The summed E-state index contributed by atoms with van der Waals surface area (Å²) in [5.41, 5.74) is 2.68. The topological polar surface area (TPSA) is 29.5 Å². The fraction of sp³-hybridized carbons (Fsp3) is 0.438. The SMILES string of the molecule is CCOC(=O)/C=C/CN1c2ccccc2CCC1C. The number of esters is 1. The lowest BCUT2D eigenvalue weighted by molar-refractivity contribution is -0.137. The summed E-state index contributed by atoms with van der Waals surface area (Å²) in [4.78, 5) is 13.6. The average Bonchev–Trinajstić information content (AvgIpc) is 2.41. The Morgan fingerprint density at radius 1 is 1.47 bits per heavy atom. The highest BCUT2D eigenvalue weighted by Gasteiger charge is 2.21. The molecule has 1 aliphatic rings. The Bertz CT molecular complexity index is 468. The number of nitrogens with zero attached hydrogens (tertiary/aromatic N) is 1. The molecule has 0 N–H and O–H groups in total. The first kappa shape index (κ1) is 13.7. The zero-order valence-corrected chi connectivity index (χ0v) is 11.6. The fourth-order valence-electron chi connectivity index (χ4n) is 2.49. The molecule has 0 aromatic heterocycles. The van der Waals surface area contributed by atoms with E-state index in [-0.39, 0.29) is 5.97 Å². The molecule has 1 aliphatic heterocycles.